The zero-order valence-electron chi connectivity index (χ0n) is 13.2. The molecule has 0 fully saturated rings. The molecule has 0 radical (unpaired) electrons. The van der Waals surface area contributed by atoms with Crippen molar-refractivity contribution < 1.29 is 10.2 Å². The van der Waals surface area contributed by atoms with Crippen molar-refractivity contribution in [3.05, 3.63) is 42.0 Å². The van der Waals surface area contributed by atoms with Crippen LogP contribution in [0.3, 0.4) is 0 Å². The summed E-state index contributed by atoms with van der Waals surface area (Å²) in [7, 11) is 0. The number of aliphatic hydroxyl groups excluding tert-OH is 1. The first-order chi connectivity index (χ1) is 9.55. The third-order valence-electron chi connectivity index (χ3n) is 2.97. The number of unbranched alkanes of at least 4 members (excludes halogenated alkanes) is 3. The van der Waals surface area contributed by atoms with Crippen molar-refractivity contribution >= 4 is 6.08 Å². The van der Waals surface area contributed by atoms with E-state index >= 15 is 0 Å². The summed E-state index contributed by atoms with van der Waals surface area (Å²) in [5.41, 5.74) is 0.463. The van der Waals surface area contributed by atoms with E-state index in [9.17, 15) is 5.11 Å². The van der Waals surface area contributed by atoms with E-state index in [-0.39, 0.29) is 6.61 Å². The summed E-state index contributed by atoms with van der Waals surface area (Å²) in [5.74, 6) is 0. The summed E-state index contributed by atoms with van der Waals surface area (Å²) in [4.78, 5) is 0. The molecule has 1 atom stereocenters. The molecule has 1 unspecified atom stereocenters. The van der Waals surface area contributed by atoms with Crippen molar-refractivity contribution in [1.82, 2.24) is 0 Å². The van der Waals surface area contributed by atoms with Crippen molar-refractivity contribution in [3.8, 4) is 0 Å². The summed E-state index contributed by atoms with van der Waals surface area (Å²) in [6, 6.07) is 10.1. The Balaban J connectivity index is 0.00000110. The molecule has 114 valence electrons. The van der Waals surface area contributed by atoms with E-state index in [4.69, 9.17) is 5.11 Å². The van der Waals surface area contributed by atoms with Crippen LogP contribution in [0, 0.1) is 0 Å². The molecule has 0 aliphatic rings. The van der Waals surface area contributed by atoms with Crippen molar-refractivity contribution in [1.29, 1.82) is 0 Å². The monoisotopic (exact) mass is 278 g/mol. The molecule has 0 spiro atoms. The van der Waals surface area contributed by atoms with Gasteiger partial charge < -0.3 is 10.2 Å². The largest absolute Gasteiger partial charge is 0.397 e. The smallest absolute Gasteiger partial charge is 0.0802 e. The molecule has 0 amide bonds. The predicted octanol–water partition coefficient (Wildman–Crippen LogP) is 4.42. The van der Waals surface area contributed by atoms with Gasteiger partial charge in [0, 0.05) is 6.61 Å². The van der Waals surface area contributed by atoms with Crippen LogP contribution in [-0.2, 0) is 0 Å². The molecule has 1 aromatic rings. The predicted molar refractivity (Wildman–Crippen MR) is 87.6 cm³/mol. The first kappa shape index (κ1) is 18.9. The normalized spacial score (nSPS) is 13.7. The number of aliphatic hydroxyl groups is 2. The molecule has 20 heavy (non-hydrogen) atoms. The minimum absolute atomic E-state index is 0.250. The van der Waals surface area contributed by atoms with Gasteiger partial charge in [-0.15, -0.1) is 0 Å². The lowest BCUT2D eigenvalue weighted by Gasteiger charge is -2.18. The van der Waals surface area contributed by atoms with E-state index in [1.54, 1.807) is 6.92 Å². The van der Waals surface area contributed by atoms with E-state index in [2.05, 4.69) is 6.92 Å². The first-order valence-electron chi connectivity index (χ1n) is 7.63. The van der Waals surface area contributed by atoms with Gasteiger partial charge in [-0.2, -0.15) is 0 Å². The van der Waals surface area contributed by atoms with E-state index in [1.807, 2.05) is 49.4 Å². The molecular weight excluding hydrogens is 248 g/mol. The average Bonchev–Trinajstić information content (AvgIpc) is 2.44. The van der Waals surface area contributed by atoms with E-state index < -0.39 is 5.60 Å². The highest BCUT2D eigenvalue weighted by atomic mass is 16.3. The second kappa shape index (κ2) is 11.7. The Morgan fingerprint density at radius 1 is 1.05 bits per heavy atom. The molecule has 2 N–H and O–H groups in total. The lowest BCUT2D eigenvalue weighted by molar-refractivity contribution is 0.0993. The summed E-state index contributed by atoms with van der Waals surface area (Å²) < 4.78 is 0. The molecule has 0 heterocycles. The SMILES string of the molecule is CCCCCCC(C)(O)C=Cc1ccccc1.CCO. The van der Waals surface area contributed by atoms with Crippen molar-refractivity contribution in [2.75, 3.05) is 6.61 Å². The van der Waals surface area contributed by atoms with E-state index in [0.29, 0.717) is 0 Å². The first-order valence-corrected chi connectivity index (χ1v) is 7.63. The summed E-state index contributed by atoms with van der Waals surface area (Å²) in [6.07, 6.45) is 9.57. The molecular formula is C18H30O2. The standard InChI is InChI=1S/C16H24O.C2H6O/c1-3-4-5-9-13-16(2,17)14-12-15-10-7-6-8-11-15;1-2-3/h6-8,10-12,14,17H,3-5,9,13H2,1-2H3;3H,2H2,1H3. The van der Waals surface area contributed by atoms with Gasteiger partial charge in [-0.05, 0) is 25.8 Å². The molecule has 2 heteroatoms. The summed E-state index contributed by atoms with van der Waals surface area (Å²) in [6.45, 7) is 6.02. The Morgan fingerprint density at radius 2 is 1.65 bits per heavy atom. The van der Waals surface area contributed by atoms with Crippen LogP contribution in [0.25, 0.3) is 6.08 Å². The zero-order chi connectivity index (χ0) is 15.3. The summed E-state index contributed by atoms with van der Waals surface area (Å²) >= 11 is 0. The highest BCUT2D eigenvalue weighted by Crippen LogP contribution is 2.18. The number of benzene rings is 1. The maximum absolute atomic E-state index is 10.2. The van der Waals surface area contributed by atoms with Gasteiger partial charge in [-0.3, -0.25) is 0 Å². The minimum Gasteiger partial charge on any atom is -0.397 e. The van der Waals surface area contributed by atoms with Gasteiger partial charge in [0.1, 0.15) is 0 Å². The number of rotatable bonds is 7. The molecule has 0 aromatic heterocycles. The molecule has 0 bridgehead atoms. The Bertz CT molecular complexity index is 342. The molecule has 1 rings (SSSR count). The maximum atomic E-state index is 10.2. The van der Waals surface area contributed by atoms with Gasteiger partial charge in [-0.1, -0.05) is 75.1 Å². The Morgan fingerprint density at radius 3 is 2.20 bits per heavy atom. The van der Waals surface area contributed by atoms with Crippen LogP contribution in [0.5, 0.6) is 0 Å². The van der Waals surface area contributed by atoms with Crippen LogP contribution in [0.1, 0.15) is 58.4 Å². The van der Waals surface area contributed by atoms with Crippen LogP contribution in [0.4, 0.5) is 0 Å². The van der Waals surface area contributed by atoms with Crippen LogP contribution >= 0.6 is 0 Å². The third-order valence-corrected chi connectivity index (χ3v) is 2.97. The molecule has 0 saturated carbocycles. The molecule has 2 nitrogen and oxygen atoms in total. The molecule has 0 saturated heterocycles. The van der Waals surface area contributed by atoms with Crippen LogP contribution < -0.4 is 0 Å². The second-order valence-electron chi connectivity index (χ2n) is 5.23. The van der Waals surface area contributed by atoms with Crippen LogP contribution in [0.2, 0.25) is 0 Å². The lowest BCUT2D eigenvalue weighted by Crippen LogP contribution is -2.20. The fraction of sp³-hybridized carbons (Fsp3) is 0.556. The molecule has 0 aliphatic heterocycles. The molecule has 1 aromatic carbocycles. The highest BCUT2D eigenvalue weighted by molar-refractivity contribution is 5.49. The van der Waals surface area contributed by atoms with Gasteiger partial charge in [0.2, 0.25) is 0 Å². The van der Waals surface area contributed by atoms with Crippen LogP contribution in [-0.4, -0.2) is 22.4 Å². The fourth-order valence-electron chi connectivity index (χ4n) is 1.83. The second-order valence-corrected chi connectivity index (χ2v) is 5.23. The van der Waals surface area contributed by atoms with Crippen molar-refractivity contribution in [3.63, 3.8) is 0 Å². The Kier molecular flexibility index (Phi) is 11.0. The quantitative estimate of drug-likeness (QED) is 0.725. The van der Waals surface area contributed by atoms with Gasteiger partial charge in [0.05, 0.1) is 5.60 Å². The Labute approximate surface area is 124 Å². The van der Waals surface area contributed by atoms with Crippen molar-refractivity contribution in [2.45, 2.75) is 58.5 Å². The maximum Gasteiger partial charge on any atom is 0.0802 e. The van der Waals surface area contributed by atoms with Gasteiger partial charge in [0.25, 0.3) is 0 Å². The van der Waals surface area contributed by atoms with E-state index in [1.165, 1.54) is 19.3 Å². The zero-order valence-corrected chi connectivity index (χ0v) is 13.2. The molecule has 0 aliphatic carbocycles. The lowest BCUT2D eigenvalue weighted by atomic mass is 9.96. The topological polar surface area (TPSA) is 40.5 Å². The Hall–Kier alpha value is -1.12. The minimum atomic E-state index is -0.677. The van der Waals surface area contributed by atoms with Crippen molar-refractivity contribution in [2.24, 2.45) is 0 Å². The third kappa shape index (κ3) is 10.8. The van der Waals surface area contributed by atoms with Gasteiger partial charge in [-0.25, -0.2) is 0 Å². The van der Waals surface area contributed by atoms with E-state index in [0.717, 1.165) is 18.4 Å². The van der Waals surface area contributed by atoms with Gasteiger partial charge in [0.15, 0.2) is 0 Å². The number of hydrogen-bond donors (Lipinski definition) is 2. The average molecular weight is 278 g/mol. The van der Waals surface area contributed by atoms with Gasteiger partial charge >= 0.3 is 0 Å². The highest BCUT2D eigenvalue weighted by Gasteiger charge is 2.14. The summed E-state index contributed by atoms with van der Waals surface area (Å²) in [5, 5.41) is 17.8. The number of hydrogen-bond acceptors (Lipinski definition) is 2. The fourth-order valence-corrected chi connectivity index (χ4v) is 1.83. The van der Waals surface area contributed by atoms with Crippen LogP contribution in [0.15, 0.2) is 36.4 Å².